The first-order chi connectivity index (χ1) is 14.2. The van der Waals surface area contributed by atoms with Crippen molar-refractivity contribution in [3.05, 3.63) is 12.2 Å². The van der Waals surface area contributed by atoms with Gasteiger partial charge in [0.25, 0.3) is 0 Å². The Hall–Kier alpha value is -0.230. The highest BCUT2D eigenvalue weighted by Crippen LogP contribution is 2.43. The third-order valence-corrected chi connectivity index (χ3v) is 6.03. The predicted octanol–water partition coefficient (Wildman–Crippen LogP) is 5.83. The van der Waals surface area contributed by atoms with E-state index in [1.807, 2.05) is 27.2 Å². The Morgan fingerprint density at radius 1 is 0.867 bits per heavy atom. The van der Waals surface area contributed by atoms with Crippen LogP contribution in [0.4, 0.5) is 0 Å². The molecule has 0 heterocycles. The molecule has 6 nitrogen and oxygen atoms in total. The topological polar surface area (TPSA) is 76.0 Å². The van der Waals surface area contributed by atoms with Crippen LogP contribution in [0.15, 0.2) is 12.2 Å². The van der Waals surface area contributed by atoms with E-state index in [4.69, 9.17) is 9.05 Å². The molecule has 0 bridgehead atoms. The van der Waals surface area contributed by atoms with Crippen LogP contribution in [0.5, 0.6) is 0 Å². The molecule has 0 aliphatic carbocycles. The van der Waals surface area contributed by atoms with Crippen LogP contribution in [-0.4, -0.2) is 61.5 Å². The molecular formula is C23H49NO5P+. The predicted molar refractivity (Wildman–Crippen MR) is 125 cm³/mol. The largest absolute Gasteiger partial charge is 0.472 e. The van der Waals surface area contributed by atoms with Crippen LogP contribution in [0.2, 0.25) is 0 Å². The second kappa shape index (κ2) is 18.4. The number of nitrogens with zero attached hydrogens (tertiary/aromatic N) is 1. The minimum absolute atomic E-state index is 0.0118. The zero-order valence-electron chi connectivity index (χ0n) is 20.1. The number of quaternary nitrogens is 1. The third-order valence-electron chi connectivity index (χ3n) is 5.02. The van der Waals surface area contributed by atoms with E-state index in [2.05, 4.69) is 6.92 Å². The Labute approximate surface area is 185 Å². The monoisotopic (exact) mass is 450 g/mol. The van der Waals surface area contributed by atoms with Crippen molar-refractivity contribution < 1.29 is 28.1 Å². The first-order valence-electron chi connectivity index (χ1n) is 11.9. The molecule has 180 valence electrons. The van der Waals surface area contributed by atoms with Gasteiger partial charge in [0.2, 0.25) is 0 Å². The third kappa shape index (κ3) is 22.5. The maximum Gasteiger partial charge on any atom is 0.472 e. The average Bonchev–Trinajstić information content (AvgIpc) is 2.64. The summed E-state index contributed by atoms with van der Waals surface area (Å²) in [5.74, 6) is 0. The lowest BCUT2D eigenvalue weighted by molar-refractivity contribution is -0.870. The summed E-state index contributed by atoms with van der Waals surface area (Å²) in [6.45, 7) is 3.00. The molecule has 0 aliphatic rings. The number of phosphoric acid groups is 1. The molecule has 2 atom stereocenters. The number of rotatable bonds is 21. The van der Waals surface area contributed by atoms with Crippen molar-refractivity contribution in [2.45, 2.75) is 96.5 Å². The fraction of sp³-hybridized carbons (Fsp3) is 0.913. The fourth-order valence-corrected chi connectivity index (χ4v) is 3.76. The Bertz CT molecular complexity index is 465. The minimum Gasteiger partial charge on any atom is -0.389 e. The van der Waals surface area contributed by atoms with Crippen LogP contribution in [0.1, 0.15) is 90.4 Å². The number of unbranched alkanes of at least 4 members (excludes halogenated alkanes) is 11. The van der Waals surface area contributed by atoms with Crippen molar-refractivity contribution in [3.8, 4) is 0 Å². The summed E-state index contributed by atoms with van der Waals surface area (Å²) in [6.07, 6.45) is 18.9. The van der Waals surface area contributed by atoms with E-state index >= 15 is 0 Å². The molecule has 0 spiro atoms. The van der Waals surface area contributed by atoms with Crippen LogP contribution >= 0.6 is 7.82 Å². The highest BCUT2D eigenvalue weighted by atomic mass is 31.2. The molecule has 0 fully saturated rings. The Morgan fingerprint density at radius 2 is 1.37 bits per heavy atom. The van der Waals surface area contributed by atoms with Crippen molar-refractivity contribution in [1.82, 2.24) is 0 Å². The van der Waals surface area contributed by atoms with Crippen molar-refractivity contribution in [2.75, 3.05) is 40.9 Å². The zero-order chi connectivity index (χ0) is 22.7. The van der Waals surface area contributed by atoms with Crippen molar-refractivity contribution in [3.63, 3.8) is 0 Å². The van der Waals surface area contributed by atoms with Gasteiger partial charge in [-0.2, -0.15) is 0 Å². The van der Waals surface area contributed by atoms with Gasteiger partial charge < -0.3 is 14.5 Å². The van der Waals surface area contributed by atoms with Crippen molar-refractivity contribution >= 4 is 7.82 Å². The van der Waals surface area contributed by atoms with Crippen LogP contribution in [0.3, 0.4) is 0 Å². The Morgan fingerprint density at radius 3 is 1.90 bits per heavy atom. The van der Waals surface area contributed by atoms with E-state index < -0.39 is 13.9 Å². The van der Waals surface area contributed by atoms with Gasteiger partial charge in [-0.1, -0.05) is 83.3 Å². The molecule has 0 saturated heterocycles. The van der Waals surface area contributed by atoms with E-state index in [0.717, 1.165) is 12.8 Å². The normalized spacial score (nSPS) is 15.5. The molecule has 0 rings (SSSR count). The maximum atomic E-state index is 11.8. The van der Waals surface area contributed by atoms with Gasteiger partial charge in [0.1, 0.15) is 13.2 Å². The number of likely N-dealkylation sites (N-methyl/N-ethyl adjacent to an activating group) is 1. The highest BCUT2D eigenvalue weighted by molar-refractivity contribution is 7.47. The molecule has 0 saturated carbocycles. The number of hydrogen-bond donors (Lipinski definition) is 2. The fourth-order valence-electron chi connectivity index (χ4n) is 3.03. The second-order valence-corrected chi connectivity index (χ2v) is 10.7. The van der Waals surface area contributed by atoms with Crippen molar-refractivity contribution in [1.29, 1.82) is 0 Å². The molecule has 1 unspecified atom stereocenters. The summed E-state index contributed by atoms with van der Waals surface area (Å²) in [7, 11) is 1.89. The molecule has 0 radical (unpaired) electrons. The van der Waals surface area contributed by atoms with Gasteiger partial charge in [0, 0.05) is 6.42 Å². The summed E-state index contributed by atoms with van der Waals surface area (Å²) in [6, 6.07) is 0. The summed E-state index contributed by atoms with van der Waals surface area (Å²) in [5.41, 5.74) is 0. The van der Waals surface area contributed by atoms with Crippen LogP contribution in [-0.2, 0) is 13.6 Å². The van der Waals surface area contributed by atoms with Crippen LogP contribution < -0.4 is 0 Å². The first kappa shape index (κ1) is 29.8. The second-order valence-electron chi connectivity index (χ2n) is 9.26. The molecular weight excluding hydrogens is 401 g/mol. The van der Waals surface area contributed by atoms with E-state index in [0.29, 0.717) is 11.0 Å². The van der Waals surface area contributed by atoms with E-state index in [-0.39, 0.29) is 19.6 Å². The molecule has 0 amide bonds. The van der Waals surface area contributed by atoms with E-state index in [1.54, 1.807) is 6.08 Å². The SMILES string of the molecule is CCCCCCCCCCCCC/C=C/[C@@H](O)CCOP(=O)(O)OCC[N+](C)(C)C. The number of aliphatic hydroxyl groups excluding tert-OH is 1. The minimum atomic E-state index is -4.04. The lowest BCUT2D eigenvalue weighted by Gasteiger charge is -2.24. The van der Waals surface area contributed by atoms with Crippen LogP contribution in [0.25, 0.3) is 0 Å². The van der Waals surface area contributed by atoms with Gasteiger partial charge in [-0.3, -0.25) is 9.05 Å². The van der Waals surface area contributed by atoms with Gasteiger partial charge in [-0.25, -0.2) is 4.57 Å². The molecule has 0 aromatic rings. The van der Waals surface area contributed by atoms with Gasteiger partial charge in [0.15, 0.2) is 0 Å². The summed E-state index contributed by atoms with van der Waals surface area (Å²) in [5, 5.41) is 9.92. The standard InChI is InChI=1S/C23H48NO5P/c1-5-6-7-8-9-10-11-12-13-14-15-16-17-18-23(25)19-21-28-30(26,27)29-22-20-24(2,3)4/h17-18,23,25H,5-16,19-22H2,1-4H3/p+1/b18-17+/t23-/m1/s1. The number of allylic oxidation sites excluding steroid dienone is 1. The summed E-state index contributed by atoms with van der Waals surface area (Å²) < 4.78 is 22.3. The molecule has 30 heavy (non-hydrogen) atoms. The Kier molecular flexibility index (Phi) is 18.2. The number of aliphatic hydroxyl groups is 1. The molecule has 0 aromatic carbocycles. The van der Waals surface area contributed by atoms with Gasteiger partial charge in [-0.05, 0) is 12.8 Å². The zero-order valence-corrected chi connectivity index (χ0v) is 21.0. The van der Waals surface area contributed by atoms with Crippen molar-refractivity contribution in [2.24, 2.45) is 0 Å². The van der Waals surface area contributed by atoms with Crippen LogP contribution in [0, 0.1) is 0 Å². The smallest absolute Gasteiger partial charge is 0.389 e. The van der Waals surface area contributed by atoms with E-state index in [9.17, 15) is 14.6 Å². The summed E-state index contributed by atoms with van der Waals surface area (Å²) >= 11 is 0. The summed E-state index contributed by atoms with van der Waals surface area (Å²) in [4.78, 5) is 9.63. The molecule has 0 aromatic heterocycles. The Balaban J connectivity index is 3.56. The first-order valence-corrected chi connectivity index (χ1v) is 13.4. The van der Waals surface area contributed by atoms with Gasteiger partial charge >= 0.3 is 7.82 Å². The quantitative estimate of drug-likeness (QED) is 0.0995. The van der Waals surface area contributed by atoms with Gasteiger partial charge in [0.05, 0.1) is 33.9 Å². The molecule has 2 N–H and O–H groups in total. The average molecular weight is 451 g/mol. The number of hydrogen-bond acceptors (Lipinski definition) is 4. The number of phosphoric ester groups is 1. The molecule has 0 aliphatic heterocycles. The highest BCUT2D eigenvalue weighted by Gasteiger charge is 2.22. The van der Waals surface area contributed by atoms with E-state index in [1.165, 1.54) is 64.2 Å². The molecule has 7 heteroatoms. The maximum absolute atomic E-state index is 11.8. The van der Waals surface area contributed by atoms with Gasteiger partial charge in [-0.15, -0.1) is 0 Å². The lowest BCUT2D eigenvalue weighted by atomic mass is 10.1. The lowest BCUT2D eigenvalue weighted by Crippen LogP contribution is -2.37.